The van der Waals surface area contributed by atoms with E-state index in [2.05, 4.69) is 31.1 Å². The first-order valence-electron chi connectivity index (χ1n) is 20.7. The number of ether oxygens (including phenoxy) is 1. The molecule has 0 spiro atoms. The van der Waals surface area contributed by atoms with Crippen LogP contribution < -0.4 is 5.32 Å². The van der Waals surface area contributed by atoms with E-state index in [0.717, 1.165) is 25.6 Å². The van der Waals surface area contributed by atoms with Crippen LogP contribution >= 0.6 is 0 Å². The summed E-state index contributed by atoms with van der Waals surface area (Å²) in [6.45, 7) is 10.0. The summed E-state index contributed by atoms with van der Waals surface area (Å²) in [5.41, 5.74) is 0. The zero-order valence-electron chi connectivity index (χ0n) is 30.8. The van der Waals surface area contributed by atoms with Crippen LogP contribution in [-0.4, -0.2) is 31.6 Å². The molecule has 0 aromatic carbocycles. The van der Waals surface area contributed by atoms with Crippen LogP contribution in [0.4, 0.5) is 0 Å². The zero-order valence-corrected chi connectivity index (χ0v) is 30.8. The van der Waals surface area contributed by atoms with Crippen molar-refractivity contribution in [3.63, 3.8) is 0 Å². The lowest BCUT2D eigenvalue weighted by Gasteiger charge is -2.24. The highest BCUT2D eigenvalue weighted by molar-refractivity contribution is 5.83. The van der Waals surface area contributed by atoms with Gasteiger partial charge in [0.2, 0.25) is 0 Å². The average Bonchev–Trinajstić information content (AvgIpc) is 3.56. The van der Waals surface area contributed by atoms with Gasteiger partial charge >= 0.3 is 0 Å². The molecule has 0 aromatic rings. The molecule has 0 saturated heterocycles. The van der Waals surface area contributed by atoms with E-state index in [1.807, 2.05) is 0 Å². The molecular weight excluding hydrogens is 536 g/mol. The van der Waals surface area contributed by atoms with Crippen LogP contribution in [0.1, 0.15) is 226 Å². The Morgan fingerprint density at radius 3 is 1.34 bits per heavy atom. The summed E-state index contributed by atoms with van der Waals surface area (Å²) in [5.74, 6) is 2.03. The molecule has 3 nitrogen and oxygen atoms in total. The third kappa shape index (κ3) is 27.7. The van der Waals surface area contributed by atoms with Gasteiger partial charge in [-0.2, -0.15) is 0 Å². The molecule has 3 heteroatoms. The van der Waals surface area contributed by atoms with Crippen molar-refractivity contribution in [3.05, 3.63) is 0 Å². The molecule has 2 unspecified atom stereocenters. The molecule has 0 bridgehead atoms. The van der Waals surface area contributed by atoms with Crippen LogP contribution in [0.15, 0.2) is 4.99 Å². The van der Waals surface area contributed by atoms with Crippen LogP contribution in [0, 0.1) is 5.92 Å². The maximum atomic E-state index is 6.44. The summed E-state index contributed by atoms with van der Waals surface area (Å²) in [7, 11) is 0. The lowest BCUT2D eigenvalue weighted by molar-refractivity contribution is 0.0156. The van der Waals surface area contributed by atoms with Gasteiger partial charge < -0.3 is 10.1 Å². The standard InChI is InChI=1S/C41H82N2O/c1-4-6-8-10-11-12-13-14-15-16-17-18-22-25-28-32-38-44-39(3)40(33-29-9-7-5-2)34-30-26-23-20-19-21-24-27-31-35-41-42-36-37-43-41/h39-40H,4-38H2,1-3H3,(H,42,43). The van der Waals surface area contributed by atoms with Crippen molar-refractivity contribution in [1.82, 2.24) is 5.32 Å². The Kier molecular flexibility index (Phi) is 31.8. The van der Waals surface area contributed by atoms with E-state index in [1.54, 1.807) is 0 Å². The molecule has 1 rings (SSSR count). The molecule has 1 N–H and O–H groups in total. The topological polar surface area (TPSA) is 33.6 Å². The van der Waals surface area contributed by atoms with Crippen molar-refractivity contribution in [3.8, 4) is 0 Å². The normalized spacial score (nSPS) is 14.6. The van der Waals surface area contributed by atoms with E-state index in [1.165, 1.54) is 211 Å². The molecule has 0 fully saturated rings. The Labute approximate surface area is 278 Å². The number of aliphatic imine (C=N–C) groups is 1. The fourth-order valence-corrected chi connectivity index (χ4v) is 7.05. The van der Waals surface area contributed by atoms with Crippen LogP contribution in [0.25, 0.3) is 0 Å². The Morgan fingerprint density at radius 1 is 0.523 bits per heavy atom. The summed E-state index contributed by atoms with van der Waals surface area (Å²) < 4.78 is 6.44. The Morgan fingerprint density at radius 2 is 0.909 bits per heavy atom. The minimum atomic E-state index is 0.443. The fourth-order valence-electron chi connectivity index (χ4n) is 7.05. The second-order valence-corrected chi connectivity index (χ2v) is 14.5. The average molecular weight is 619 g/mol. The summed E-state index contributed by atoms with van der Waals surface area (Å²) >= 11 is 0. The van der Waals surface area contributed by atoms with E-state index in [4.69, 9.17) is 4.74 Å². The van der Waals surface area contributed by atoms with Crippen molar-refractivity contribution in [2.75, 3.05) is 19.7 Å². The number of unbranched alkanes of at least 4 members (excludes halogenated alkanes) is 26. The zero-order chi connectivity index (χ0) is 31.6. The Balaban J connectivity index is 1.96. The quantitative estimate of drug-likeness (QED) is 0.0709. The summed E-state index contributed by atoms with van der Waals surface area (Å²) in [5, 5.41) is 3.39. The van der Waals surface area contributed by atoms with Gasteiger partial charge in [0.1, 0.15) is 0 Å². The molecule has 1 aliphatic heterocycles. The van der Waals surface area contributed by atoms with E-state index < -0.39 is 0 Å². The fraction of sp³-hybridized carbons (Fsp3) is 0.976. The van der Waals surface area contributed by atoms with E-state index in [0.29, 0.717) is 6.10 Å². The van der Waals surface area contributed by atoms with E-state index in [9.17, 15) is 0 Å². The second-order valence-electron chi connectivity index (χ2n) is 14.5. The highest BCUT2D eigenvalue weighted by Gasteiger charge is 2.17. The minimum absolute atomic E-state index is 0.443. The molecular formula is C41H82N2O. The first-order valence-corrected chi connectivity index (χ1v) is 20.7. The number of hydrogen-bond donors (Lipinski definition) is 1. The maximum absolute atomic E-state index is 6.44. The van der Waals surface area contributed by atoms with Crippen molar-refractivity contribution in [2.45, 2.75) is 232 Å². The van der Waals surface area contributed by atoms with Crippen molar-refractivity contribution in [1.29, 1.82) is 0 Å². The van der Waals surface area contributed by atoms with Crippen LogP contribution in [0.5, 0.6) is 0 Å². The molecule has 0 radical (unpaired) electrons. The number of nitrogens with one attached hydrogen (secondary N) is 1. The van der Waals surface area contributed by atoms with Crippen LogP contribution in [-0.2, 0) is 4.74 Å². The summed E-state index contributed by atoms with van der Waals surface area (Å²) in [6.07, 6.45) is 45.4. The highest BCUT2D eigenvalue weighted by Crippen LogP contribution is 2.24. The third-order valence-electron chi connectivity index (χ3n) is 10.2. The molecule has 44 heavy (non-hydrogen) atoms. The SMILES string of the molecule is CCCCCCCCCCCCCCCCCCOC(C)C(CCCCCC)CCCCCCCCCCCC1=NCCN1. The number of rotatable bonds is 36. The van der Waals surface area contributed by atoms with Gasteiger partial charge in [0, 0.05) is 19.6 Å². The largest absolute Gasteiger partial charge is 0.378 e. The molecule has 1 heterocycles. The van der Waals surface area contributed by atoms with E-state index in [-0.39, 0.29) is 0 Å². The second kappa shape index (κ2) is 33.8. The first kappa shape index (κ1) is 41.5. The Bertz CT molecular complexity index is 591. The van der Waals surface area contributed by atoms with Gasteiger partial charge in [0.25, 0.3) is 0 Å². The molecule has 0 aromatic heterocycles. The summed E-state index contributed by atoms with van der Waals surface area (Å²) in [4.78, 5) is 4.51. The van der Waals surface area contributed by atoms with Gasteiger partial charge in [-0.3, -0.25) is 4.99 Å². The maximum Gasteiger partial charge on any atom is 0.0964 e. The van der Waals surface area contributed by atoms with E-state index >= 15 is 0 Å². The van der Waals surface area contributed by atoms with Crippen molar-refractivity contribution in [2.24, 2.45) is 10.9 Å². The monoisotopic (exact) mass is 619 g/mol. The number of nitrogens with zero attached hydrogens (tertiary/aromatic N) is 1. The van der Waals surface area contributed by atoms with Gasteiger partial charge in [-0.15, -0.1) is 0 Å². The molecule has 1 aliphatic rings. The number of hydrogen-bond acceptors (Lipinski definition) is 3. The highest BCUT2D eigenvalue weighted by atomic mass is 16.5. The van der Waals surface area contributed by atoms with Gasteiger partial charge in [-0.05, 0) is 38.5 Å². The van der Waals surface area contributed by atoms with Crippen LogP contribution in [0.3, 0.4) is 0 Å². The van der Waals surface area contributed by atoms with Crippen molar-refractivity contribution < 1.29 is 4.74 Å². The first-order chi connectivity index (χ1) is 21.8. The lowest BCUT2D eigenvalue weighted by Crippen LogP contribution is -2.21. The lowest BCUT2D eigenvalue weighted by atomic mass is 9.90. The third-order valence-corrected chi connectivity index (χ3v) is 10.2. The van der Waals surface area contributed by atoms with Crippen molar-refractivity contribution >= 4 is 5.84 Å². The summed E-state index contributed by atoms with van der Waals surface area (Å²) in [6, 6.07) is 0. The van der Waals surface area contributed by atoms with Gasteiger partial charge in [0.05, 0.1) is 18.5 Å². The smallest absolute Gasteiger partial charge is 0.0964 e. The van der Waals surface area contributed by atoms with Crippen LogP contribution in [0.2, 0.25) is 0 Å². The molecule has 2 atom stereocenters. The predicted octanol–water partition coefficient (Wildman–Crippen LogP) is 13.5. The molecule has 0 aliphatic carbocycles. The number of amidine groups is 1. The molecule has 262 valence electrons. The van der Waals surface area contributed by atoms with Gasteiger partial charge in [0.15, 0.2) is 0 Å². The minimum Gasteiger partial charge on any atom is -0.378 e. The Hall–Kier alpha value is -0.570. The van der Waals surface area contributed by atoms with Gasteiger partial charge in [-0.25, -0.2) is 0 Å². The molecule has 0 saturated carbocycles. The predicted molar refractivity (Wildman–Crippen MR) is 198 cm³/mol. The van der Waals surface area contributed by atoms with Gasteiger partial charge in [-0.1, -0.05) is 187 Å². The molecule has 0 amide bonds.